The van der Waals surface area contributed by atoms with Gasteiger partial charge in [0, 0.05) is 29.4 Å². The zero-order valence-electron chi connectivity index (χ0n) is 18.6. The lowest BCUT2D eigenvalue weighted by molar-refractivity contribution is -0.0626. The second kappa shape index (κ2) is 7.88. The summed E-state index contributed by atoms with van der Waals surface area (Å²) >= 11 is 0. The van der Waals surface area contributed by atoms with Crippen LogP contribution in [0.15, 0.2) is 77.6 Å². The Labute approximate surface area is 195 Å². The third-order valence-corrected chi connectivity index (χ3v) is 6.42. The van der Waals surface area contributed by atoms with E-state index in [1.807, 2.05) is 54.2 Å². The molecule has 0 saturated heterocycles. The molecule has 1 fully saturated rings. The Kier molecular flexibility index (Phi) is 4.81. The highest BCUT2D eigenvalue weighted by molar-refractivity contribution is 5.95. The zero-order valence-corrected chi connectivity index (χ0v) is 18.6. The van der Waals surface area contributed by atoms with Crippen LogP contribution in [0.3, 0.4) is 0 Å². The van der Waals surface area contributed by atoms with Gasteiger partial charge in [0.25, 0.3) is 0 Å². The summed E-state index contributed by atoms with van der Waals surface area (Å²) in [7, 11) is 0. The van der Waals surface area contributed by atoms with Crippen LogP contribution in [-0.2, 0) is 6.54 Å². The fourth-order valence-electron chi connectivity index (χ4n) is 4.90. The van der Waals surface area contributed by atoms with Crippen molar-refractivity contribution in [2.75, 3.05) is 0 Å². The SMILES string of the molecule is CC1(O)CC(Cn2cc(-c3ncnc4oc(-c5ccccc5)cc34)c(-c3ccc(F)cc3)n2)C1. The Morgan fingerprint density at radius 1 is 1.03 bits per heavy atom. The Bertz CT molecular complexity index is 1460. The van der Waals surface area contributed by atoms with Crippen molar-refractivity contribution in [1.82, 2.24) is 19.7 Å². The lowest BCUT2D eigenvalue weighted by Crippen LogP contribution is -2.42. The molecule has 7 heteroatoms. The van der Waals surface area contributed by atoms with Crippen LogP contribution < -0.4 is 0 Å². The summed E-state index contributed by atoms with van der Waals surface area (Å²) in [5.74, 6) is 0.769. The van der Waals surface area contributed by atoms with Crippen molar-refractivity contribution in [3.8, 4) is 33.8 Å². The van der Waals surface area contributed by atoms with Gasteiger partial charge >= 0.3 is 0 Å². The minimum Gasteiger partial charge on any atom is -0.438 e. The highest BCUT2D eigenvalue weighted by Gasteiger charge is 2.38. The van der Waals surface area contributed by atoms with Gasteiger partial charge in [-0.25, -0.2) is 14.4 Å². The van der Waals surface area contributed by atoms with Gasteiger partial charge in [-0.3, -0.25) is 4.68 Å². The smallest absolute Gasteiger partial charge is 0.230 e. The van der Waals surface area contributed by atoms with Crippen molar-refractivity contribution in [2.24, 2.45) is 5.92 Å². The monoisotopic (exact) mass is 454 g/mol. The average molecular weight is 455 g/mol. The van der Waals surface area contributed by atoms with Crippen molar-refractivity contribution in [1.29, 1.82) is 0 Å². The Hall–Kier alpha value is -3.84. The maximum atomic E-state index is 13.6. The molecule has 0 bridgehead atoms. The Morgan fingerprint density at radius 3 is 2.53 bits per heavy atom. The molecule has 0 amide bonds. The molecular weight excluding hydrogens is 431 g/mol. The lowest BCUT2D eigenvalue weighted by Gasteiger charge is -2.40. The van der Waals surface area contributed by atoms with Crippen LogP contribution in [0.25, 0.3) is 44.9 Å². The molecule has 1 N–H and O–H groups in total. The number of nitrogens with zero attached hydrogens (tertiary/aromatic N) is 4. The van der Waals surface area contributed by atoms with Gasteiger partial charge in [-0.1, -0.05) is 30.3 Å². The molecule has 34 heavy (non-hydrogen) atoms. The molecule has 1 aliphatic carbocycles. The first-order chi connectivity index (χ1) is 16.4. The summed E-state index contributed by atoms with van der Waals surface area (Å²) in [6.07, 6.45) is 4.95. The molecule has 6 nitrogen and oxygen atoms in total. The number of hydrogen-bond donors (Lipinski definition) is 1. The molecule has 0 atom stereocenters. The van der Waals surface area contributed by atoms with Crippen LogP contribution >= 0.6 is 0 Å². The molecule has 0 spiro atoms. The first-order valence-corrected chi connectivity index (χ1v) is 11.3. The van der Waals surface area contributed by atoms with E-state index in [1.165, 1.54) is 18.5 Å². The second-order valence-electron chi connectivity index (χ2n) is 9.31. The first-order valence-electron chi connectivity index (χ1n) is 11.3. The molecule has 170 valence electrons. The van der Waals surface area contributed by atoms with Crippen LogP contribution in [0, 0.1) is 11.7 Å². The number of rotatable bonds is 5. The fourth-order valence-corrected chi connectivity index (χ4v) is 4.90. The van der Waals surface area contributed by atoms with E-state index in [2.05, 4.69) is 9.97 Å². The zero-order chi connectivity index (χ0) is 23.3. The number of hydrogen-bond acceptors (Lipinski definition) is 5. The molecule has 3 heterocycles. The number of halogens is 1. The predicted octanol–water partition coefficient (Wildman–Crippen LogP) is 5.72. The van der Waals surface area contributed by atoms with Crippen molar-refractivity contribution < 1.29 is 13.9 Å². The van der Waals surface area contributed by atoms with E-state index in [1.54, 1.807) is 12.1 Å². The summed E-state index contributed by atoms with van der Waals surface area (Å²) < 4.78 is 21.6. The van der Waals surface area contributed by atoms with Gasteiger partial charge in [-0.15, -0.1) is 0 Å². The van der Waals surface area contributed by atoms with Crippen LogP contribution in [0.4, 0.5) is 4.39 Å². The van der Waals surface area contributed by atoms with Gasteiger partial charge in [-0.2, -0.15) is 5.10 Å². The molecular formula is C27H23FN4O2. The van der Waals surface area contributed by atoms with Crippen LogP contribution in [0.5, 0.6) is 0 Å². The lowest BCUT2D eigenvalue weighted by atomic mass is 9.72. The minimum absolute atomic E-state index is 0.298. The van der Waals surface area contributed by atoms with Crippen molar-refractivity contribution in [3.63, 3.8) is 0 Å². The molecule has 5 aromatic rings. The quantitative estimate of drug-likeness (QED) is 0.368. The maximum Gasteiger partial charge on any atom is 0.230 e. The standard InChI is InChI=1S/C27H23FN4O2/c1-27(33)12-17(13-27)14-32-15-22(24(31-32)19-7-9-20(28)10-8-19)25-21-11-23(18-5-3-2-4-6-18)34-26(21)30-16-29-25/h2-11,15-17,33H,12-14H2,1H3. The Morgan fingerprint density at radius 2 is 1.79 bits per heavy atom. The fraction of sp³-hybridized carbons (Fsp3) is 0.222. The van der Waals surface area contributed by atoms with Crippen molar-refractivity contribution >= 4 is 11.1 Å². The molecule has 1 saturated carbocycles. The van der Waals surface area contributed by atoms with E-state index in [-0.39, 0.29) is 5.82 Å². The number of furan rings is 1. The highest BCUT2D eigenvalue weighted by atomic mass is 19.1. The van der Waals surface area contributed by atoms with E-state index in [4.69, 9.17) is 9.52 Å². The highest BCUT2D eigenvalue weighted by Crippen LogP contribution is 2.40. The number of benzene rings is 2. The number of fused-ring (bicyclic) bond motifs is 1. The van der Waals surface area contributed by atoms with Gasteiger partial charge in [0.1, 0.15) is 23.6 Å². The van der Waals surface area contributed by atoms with E-state index >= 15 is 0 Å². The molecule has 0 radical (unpaired) electrons. The largest absolute Gasteiger partial charge is 0.438 e. The van der Waals surface area contributed by atoms with Gasteiger partial charge in [0.05, 0.1) is 16.7 Å². The predicted molar refractivity (Wildman–Crippen MR) is 127 cm³/mol. The Balaban J connectivity index is 1.46. The summed E-state index contributed by atoms with van der Waals surface area (Å²) in [5.41, 5.74) is 3.91. The summed E-state index contributed by atoms with van der Waals surface area (Å²) in [5, 5.41) is 15.8. The topological polar surface area (TPSA) is 77.0 Å². The van der Waals surface area contributed by atoms with Gasteiger partial charge in [0.15, 0.2) is 0 Å². The number of aromatic nitrogens is 4. The minimum atomic E-state index is -0.593. The maximum absolute atomic E-state index is 13.6. The molecule has 1 aliphatic rings. The van der Waals surface area contributed by atoms with Gasteiger partial charge in [-0.05, 0) is 56.0 Å². The third kappa shape index (κ3) is 3.78. The van der Waals surface area contributed by atoms with E-state index in [0.717, 1.165) is 34.9 Å². The van der Waals surface area contributed by atoms with Gasteiger partial charge in [0.2, 0.25) is 5.71 Å². The third-order valence-electron chi connectivity index (χ3n) is 6.42. The molecule has 3 aromatic heterocycles. The average Bonchev–Trinajstić information content (AvgIpc) is 3.43. The normalized spacial score (nSPS) is 19.9. The van der Waals surface area contributed by atoms with Crippen molar-refractivity contribution in [2.45, 2.75) is 31.9 Å². The van der Waals surface area contributed by atoms with Crippen LogP contribution in [0.1, 0.15) is 19.8 Å². The van der Waals surface area contributed by atoms with Crippen molar-refractivity contribution in [3.05, 3.63) is 79.0 Å². The van der Waals surface area contributed by atoms with Gasteiger partial charge < -0.3 is 9.52 Å². The summed E-state index contributed by atoms with van der Waals surface area (Å²) in [6, 6.07) is 18.1. The van der Waals surface area contributed by atoms with E-state index < -0.39 is 5.60 Å². The summed E-state index contributed by atoms with van der Waals surface area (Å²) in [6.45, 7) is 2.56. The molecule has 0 aliphatic heterocycles. The molecule has 6 rings (SSSR count). The summed E-state index contributed by atoms with van der Waals surface area (Å²) in [4.78, 5) is 8.94. The molecule has 0 unspecified atom stereocenters. The van der Waals surface area contributed by atoms with Crippen LogP contribution in [0.2, 0.25) is 0 Å². The molecule has 2 aromatic carbocycles. The van der Waals surface area contributed by atoms with E-state index in [9.17, 15) is 9.50 Å². The number of aliphatic hydroxyl groups is 1. The van der Waals surface area contributed by atoms with Crippen LogP contribution in [-0.4, -0.2) is 30.5 Å². The first kappa shape index (κ1) is 20.7. The van der Waals surface area contributed by atoms with E-state index in [0.29, 0.717) is 35.3 Å². The second-order valence-corrected chi connectivity index (χ2v) is 9.31.